The van der Waals surface area contributed by atoms with Crippen LogP contribution in [0.1, 0.15) is 111 Å². The van der Waals surface area contributed by atoms with Gasteiger partial charge in [0.05, 0.1) is 0 Å². The highest BCUT2D eigenvalue weighted by molar-refractivity contribution is 6.72. The van der Waals surface area contributed by atoms with Crippen LogP contribution in [-0.4, -0.2) is 14.4 Å². The minimum atomic E-state index is -1.48. The standard InChI is InChI=1S/C21H46OSi/c1-7-9-10-11-12-13-14-15-16-17-19-21(18-8-2)22-23(5,6)20(3)4/h20-21H,7-19H2,1-6H3. The first-order valence-electron chi connectivity index (χ1n) is 10.6. The molecule has 0 spiro atoms. The van der Waals surface area contributed by atoms with Crippen molar-refractivity contribution in [3.05, 3.63) is 0 Å². The Balaban J connectivity index is 3.69. The van der Waals surface area contributed by atoms with Crippen molar-refractivity contribution in [3.8, 4) is 0 Å². The Kier molecular flexibility index (Phi) is 14.6. The van der Waals surface area contributed by atoms with Gasteiger partial charge in [0.25, 0.3) is 0 Å². The van der Waals surface area contributed by atoms with Crippen molar-refractivity contribution in [3.63, 3.8) is 0 Å². The van der Waals surface area contributed by atoms with Gasteiger partial charge in [0.2, 0.25) is 0 Å². The summed E-state index contributed by atoms with van der Waals surface area (Å²) in [4.78, 5) is 0. The molecule has 0 rings (SSSR count). The van der Waals surface area contributed by atoms with Crippen molar-refractivity contribution < 1.29 is 4.43 Å². The third-order valence-electron chi connectivity index (χ3n) is 5.35. The minimum Gasteiger partial charge on any atom is -0.414 e. The summed E-state index contributed by atoms with van der Waals surface area (Å²) in [7, 11) is -1.48. The first-order chi connectivity index (χ1) is 10.9. The van der Waals surface area contributed by atoms with Crippen LogP contribution in [0.25, 0.3) is 0 Å². The molecule has 0 bridgehead atoms. The summed E-state index contributed by atoms with van der Waals surface area (Å²) in [5, 5.41) is 0. The van der Waals surface area contributed by atoms with Gasteiger partial charge in [0.15, 0.2) is 8.32 Å². The van der Waals surface area contributed by atoms with Crippen LogP contribution in [0.5, 0.6) is 0 Å². The van der Waals surface area contributed by atoms with Gasteiger partial charge in [0.1, 0.15) is 0 Å². The maximum absolute atomic E-state index is 6.56. The van der Waals surface area contributed by atoms with Gasteiger partial charge in [-0.25, -0.2) is 0 Å². The molecule has 1 atom stereocenters. The van der Waals surface area contributed by atoms with Crippen LogP contribution in [0.2, 0.25) is 18.6 Å². The molecule has 0 aliphatic rings. The van der Waals surface area contributed by atoms with Gasteiger partial charge in [-0.1, -0.05) is 98.3 Å². The van der Waals surface area contributed by atoms with E-state index in [4.69, 9.17) is 4.43 Å². The van der Waals surface area contributed by atoms with Crippen LogP contribution in [0.4, 0.5) is 0 Å². The Morgan fingerprint density at radius 2 is 1.13 bits per heavy atom. The lowest BCUT2D eigenvalue weighted by Gasteiger charge is -2.32. The second kappa shape index (κ2) is 14.5. The molecule has 23 heavy (non-hydrogen) atoms. The zero-order chi connectivity index (χ0) is 17.6. The van der Waals surface area contributed by atoms with Gasteiger partial charge < -0.3 is 4.43 Å². The highest BCUT2D eigenvalue weighted by atomic mass is 28.4. The molecule has 0 heterocycles. The van der Waals surface area contributed by atoms with E-state index in [-0.39, 0.29) is 0 Å². The Labute approximate surface area is 149 Å². The van der Waals surface area contributed by atoms with Gasteiger partial charge >= 0.3 is 0 Å². The predicted molar refractivity (Wildman–Crippen MR) is 109 cm³/mol. The van der Waals surface area contributed by atoms with Gasteiger partial charge in [-0.05, 0) is 31.5 Å². The van der Waals surface area contributed by atoms with Crippen LogP contribution in [0.3, 0.4) is 0 Å². The van der Waals surface area contributed by atoms with Gasteiger partial charge in [-0.2, -0.15) is 0 Å². The highest BCUT2D eigenvalue weighted by Gasteiger charge is 2.29. The van der Waals surface area contributed by atoms with Crippen LogP contribution in [-0.2, 0) is 4.43 Å². The van der Waals surface area contributed by atoms with E-state index >= 15 is 0 Å². The molecule has 0 saturated heterocycles. The fourth-order valence-electron chi connectivity index (χ4n) is 3.01. The zero-order valence-corrected chi connectivity index (χ0v) is 18.3. The molecule has 0 aliphatic heterocycles. The first kappa shape index (κ1) is 23.2. The SMILES string of the molecule is CCCCCCCCCCCCC(CCC)O[Si](C)(C)C(C)C. The summed E-state index contributed by atoms with van der Waals surface area (Å²) in [6.45, 7) is 14.0. The number of hydrogen-bond donors (Lipinski definition) is 0. The molecule has 0 aromatic heterocycles. The summed E-state index contributed by atoms with van der Waals surface area (Å²) >= 11 is 0. The normalized spacial score (nSPS) is 13.7. The van der Waals surface area contributed by atoms with Gasteiger partial charge in [-0.3, -0.25) is 0 Å². The summed E-state index contributed by atoms with van der Waals surface area (Å²) < 4.78 is 6.56. The van der Waals surface area contributed by atoms with Gasteiger partial charge in [-0.15, -0.1) is 0 Å². The third-order valence-corrected chi connectivity index (χ3v) is 9.07. The Hall–Kier alpha value is 0.177. The zero-order valence-electron chi connectivity index (χ0n) is 17.3. The molecule has 0 saturated carbocycles. The number of unbranched alkanes of at least 4 members (excludes halogenated alkanes) is 9. The highest BCUT2D eigenvalue weighted by Crippen LogP contribution is 2.26. The smallest absolute Gasteiger partial charge is 0.189 e. The van der Waals surface area contributed by atoms with Crippen LogP contribution < -0.4 is 0 Å². The summed E-state index contributed by atoms with van der Waals surface area (Å²) in [5.41, 5.74) is 0.717. The van der Waals surface area contributed by atoms with E-state index in [9.17, 15) is 0 Å². The summed E-state index contributed by atoms with van der Waals surface area (Å²) in [6.07, 6.45) is 18.5. The maximum atomic E-state index is 6.56. The fraction of sp³-hybridized carbons (Fsp3) is 1.00. The fourth-order valence-corrected chi connectivity index (χ4v) is 4.38. The lowest BCUT2D eigenvalue weighted by molar-refractivity contribution is 0.163. The van der Waals surface area contributed by atoms with Crippen molar-refractivity contribution in [1.29, 1.82) is 0 Å². The van der Waals surface area contributed by atoms with E-state index < -0.39 is 8.32 Å². The second-order valence-corrected chi connectivity index (χ2v) is 12.9. The van der Waals surface area contributed by atoms with E-state index in [0.717, 1.165) is 5.54 Å². The number of hydrogen-bond acceptors (Lipinski definition) is 1. The molecule has 2 heteroatoms. The quantitative estimate of drug-likeness (QED) is 0.203. The molecular weight excluding hydrogens is 296 g/mol. The monoisotopic (exact) mass is 342 g/mol. The third kappa shape index (κ3) is 13.2. The average Bonchev–Trinajstić information content (AvgIpc) is 2.48. The predicted octanol–water partition coefficient (Wildman–Crippen LogP) is 8.10. The molecule has 0 aromatic rings. The topological polar surface area (TPSA) is 9.23 Å². The van der Waals surface area contributed by atoms with E-state index in [1.165, 1.54) is 83.5 Å². The number of rotatable bonds is 16. The molecule has 0 amide bonds. The molecule has 0 radical (unpaired) electrons. The van der Waals surface area contributed by atoms with E-state index in [2.05, 4.69) is 40.8 Å². The van der Waals surface area contributed by atoms with Crippen molar-refractivity contribution >= 4 is 8.32 Å². The van der Waals surface area contributed by atoms with E-state index in [1.54, 1.807) is 0 Å². The molecule has 1 nitrogen and oxygen atoms in total. The molecule has 0 N–H and O–H groups in total. The van der Waals surface area contributed by atoms with E-state index in [1.807, 2.05) is 0 Å². The lowest BCUT2D eigenvalue weighted by Crippen LogP contribution is -2.38. The summed E-state index contributed by atoms with van der Waals surface area (Å²) in [5.74, 6) is 0. The van der Waals surface area contributed by atoms with Crippen molar-refractivity contribution in [1.82, 2.24) is 0 Å². The van der Waals surface area contributed by atoms with Crippen molar-refractivity contribution in [2.45, 2.75) is 136 Å². The Bertz CT molecular complexity index is 250. The van der Waals surface area contributed by atoms with Crippen LogP contribution >= 0.6 is 0 Å². The van der Waals surface area contributed by atoms with Crippen LogP contribution in [0, 0.1) is 0 Å². The lowest BCUT2D eigenvalue weighted by atomic mass is 10.0. The van der Waals surface area contributed by atoms with Crippen LogP contribution in [0.15, 0.2) is 0 Å². The molecule has 1 unspecified atom stereocenters. The summed E-state index contributed by atoms with van der Waals surface area (Å²) in [6, 6.07) is 0. The second-order valence-electron chi connectivity index (χ2n) is 8.26. The minimum absolute atomic E-state index is 0.526. The molecule has 0 aromatic carbocycles. The molecule has 140 valence electrons. The molecule has 0 aliphatic carbocycles. The van der Waals surface area contributed by atoms with Gasteiger partial charge in [0, 0.05) is 6.10 Å². The van der Waals surface area contributed by atoms with Crippen molar-refractivity contribution in [2.24, 2.45) is 0 Å². The maximum Gasteiger partial charge on any atom is 0.189 e. The Morgan fingerprint density at radius 3 is 1.57 bits per heavy atom. The van der Waals surface area contributed by atoms with Crippen molar-refractivity contribution in [2.75, 3.05) is 0 Å². The average molecular weight is 343 g/mol. The molecule has 0 fully saturated rings. The van der Waals surface area contributed by atoms with E-state index in [0.29, 0.717) is 6.10 Å². The largest absolute Gasteiger partial charge is 0.414 e. The first-order valence-corrected chi connectivity index (χ1v) is 13.6. The molecular formula is C21H46OSi. The Morgan fingerprint density at radius 1 is 0.652 bits per heavy atom.